The highest BCUT2D eigenvalue weighted by atomic mass is 28.4. The summed E-state index contributed by atoms with van der Waals surface area (Å²) in [5.74, 6) is -0.270. The van der Waals surface area contributed by atoms with Gasteiger partial charge in [-0.15, -0.1) is 0 Å². The van der Waals surface area contributed by atoms with Gasteiger partial charge in [0.25, 0.3) is 14.3 Å². The number of hydrogen-bond donors (Lipinski definition) is 1. The van der Waals surface area contributed by atoms with Crippen molar-refractivity contribution < 1.29 is 18.8 Å². The zero-order valence-electron chi connectivity index (χ0n) is 11.5. The summed E-state index contributed by atoms with van der Waals surface area (Å²) in [6, 6.07) is 0. The fourth-order valence-electron chi connectivity index (χ4n) is 0.828. The molecule has 0 aromatic heterocycles. The SMILES string of the molecule is COC(=O)NCCC(=O)O[Si](C)(C)C(C)(C)C. The zero-order chi connectivity index (χ0) is 13.7. The Balaban J connectivity index is 4.07. The van der Waals surface area contributed by atoms with Gasteiger partial charge >= 0.3 is 6.09 Å². The summed E-state index contributed by atoms with van der Waals surface area (Å²) >= 11 is 0. The first-order valence-electron chi connectivity index (χ1n) is 5.64. The van der Waals surface area contributed by atoms with E-state index in [0.717, 1.165) is 0 Å². The predicted octanol–water partition coefficient (Wildman–Crippen LogP) is 2.28. The van der Waals surface area contributed by atoms with Crippen LogP contribution in [0, 0.1) is 0 Å². The van der Waals surface area contributed by atoms with E-state index < -0.39 is 14.4 Å². The van der Waals surface area contributed by atoms with Gasteiger partial charge in [0.05, 0.1) is 13.5 Å². The second-order valence-corrected chi connectivity index (χ2v) is 10.1. The minimum atomic E-state index is -2.05. The third-order valence-corrected chi connectivity index (χ3v) is 7.31. The second kappa shape index (κ2) is 6.04. The zero-order valence-corrected chi connectivity index (χ0v) is 12.5. The van der Waals surface area contributed by atoms with Crippen LogP contribution in [0.5, 0.6) is 0 Å². The summed E-state index contributed by atoms with van der Waals surface area (Å²) in [6.45, 7) is 10.5. The molecule has 0 saturated heterocycles. The number of methoxy groups -OCH3 is 1. The van der Waals surface area contributed by atoms with Crippen LogP contribution in [0.25, 0.3) is 0 Å². The predicted molar refractivity (Wildman–Crippen MR) is 68.3 cm³/mol. The lowest BCUT2D eigenvalue weighted by Gasteiger charge is -2.35. The van der Waals surface area contributed by atoms with Crippen molar-refractivity contribution in [3.8, 4) is 0 Å². The maximum absolute atomic E-state index is 11.6. The monoisotopic (exact) mass is 261 g/mol. The van der Waals surface area contributed by atoms with Crippen molar-refractivity contribution >= 4 is 20.4 Å². The molecule has 0 spiro atoms. The van der Waals surface area contributed by atoms with E-state index in [4.69, 9.17) is 4.43 Å². The molecule has 1 N–H and O–H groups in total. The molecule has 100 valence electrons. The lowest BCUT2D eigenvalue weighted by molar-refractivity contribution is -0.135. The van der Waals surface area contributed by atoms with Crippen molar-refractivity contribution in [2.75, 3.05) is 13.7 Å². The number of ether oxygens (including phenoxy) is 1. The van der Waals surface area contributed by atoms with E-state index in [9.17, 15) is 9.59 Å². The largest absolute Gasteiger partial charge is 0.519 e. The van der Waals surface area contributed by atoms with Gasteiger partial charge in [0, 0.05) is 6.54 Å². The van der Waals surface area contributed by atoms with Crippen LogP contribution >= 0.6 is 0 Å². The summed E-state index contributed by atoms with van der Waals surface area (Å²) in [7, 11) is -0.766. The van der Waals surface area contributed by atoms with E-state index >= 15 is 0 Å². The number of carbonyl (C=O) groups excluding carboxylic acids is 2. The molecule has 0 unspecified atom stereocenters. The normalized spacial score (nSPS) is 11.9. The molecule has 17 heavy (non-hydrogen) atoms. The lowest BCUT2D eigenvalue weighted by Crippen LogP contribution is -2.43. The van der Waals surface area contributed by atoms with Crippen molar-refractivity contribution in [1.29, 1.82) is 0 Å². The molecule has 0 fully saturated rings. The number of alkyl carbamates (subject to hydrolysis) is 1. The number of carbonyl (C=O) groups is 2. The fraction of sp³-hybridized carbons (Fsp3) is 0.818. The molecular weight excluding hydrogens is 238 g/mol. The summed E-state index contributed by atoms with van der Waals surface area (Å²) in [5, 5.41) is 2.44. The van der Waals surface area contributed by atoms with Gasteiger partial charge in [0.1, 0.15) is 0 Å². The Morgan fingerprint density at radius 3 is 2.18 bits per heavy atom. The van der Waals surface area contributed by atoms with Crippen molar-refractivity contribution in [3.05, 3.63) is 0 Å². The molecule has 1 amide bonds. The maximum Gasteiger partial charge on any atom is 0.406 e. The van der Waals surface area contributed by atoms with Gasteiger partial charge in [0.2, 0.25) is 0 Å². The Morgan fingerprint density at radius 1 is 1.24 bits per heavy atom. The Kier molecular flexibility index (Phi) is 5.67. The van der Waals surface area contributed by atoms with Crippen LogP contribution in [-0.2, 0) is 14.0 Å². The molecule has 6 heteroatoms. The van der Waals surface area contributed by atoms with Crippen LogP contribution < -0.4 is 5.32 Å². The average molecular weight is 261 g/mol. The first-order chi connectivity index (χ1) is 7.60. The Hall–Kier alpha value is -1.04. The van der Waals surface area contributed by atoms with E-state index in [1.54, 1.807) is 0 Å². The molecule has 0 aliphatic rings. The molecule has 0 aliphatic heterocycles. The minimum Gasteiger partial charge on any atom is -0.519 e. The van der Waals surface area contributed by atoms with Crippen LogP contribution in [0.15, 0.2) is 0 Å². The van der Waals surface area contributed by atoms with Gasteiger partial charge < -0.3 is 14.5 Å². The smallest absolute Gasteiger partial charge is 0.406 e. The van der Waals surface area contributed by atoms with Crippen molar-refractivity contribution in [2.24, 2.45) is 0 Å². The molecule has 0 heterocycles. The van der Waals surface area contributed by atoms with Gasteiger partial charge in [0.15, 0.2) is 0 Å². The van der Waals surface area contributed by atoms with E-state index in [1.807, 2.05) is 13.1 Å². The second-order valence-electron chi connectivity index (χ2n) is 5.40. The Morgan fingerprint density at radius 2 is 1.76 bits per heavy atom. The summed E-state index contributed by atoms with van der Waals surface area (Å²) in [5.41, 5.74) is 0. The molecule has 0 saturated carbocycles. The molecule has 0 aliphatic carbocycles. The Labute approximate surface area is 104 Å². The van der Waals surface area contributed by atoms with Crippen LogP contribution in [0.2, 0.25) is 18.1 Å². The van der Waals surface area contributed by atoms with Crippen molar-refractivity contribution in [1.82, 2.24) is 5.32 Å². The molecular formula is C11H23NO4Si. The molecule has 5 nitrogen and oxygen atoms in total. The van der Waals surface area contributed by atoms with Crippen LogP contribution in [-0.4, -0.2) is 34.0 Å². The van der Waals surface area contributed by atoms with Crippen molar-refractivity contribution in [3.63, 3.8) is 0 Å². The van der Waals surface area contributed by atoms with Gasteiger partial charge in [-0.2, -0.15) is 0 Å². The summed E-state index contributed by atoms with van der Waals surface area (Å²) < 4.78 is 9.92. The lowest BCUT2D eigenvalue weighted by atomic mass is 10.2. The van der Waals surface area contributed by atoms with Gasteiger partial charge in [-0.1, -0.05) is 20.8 Å². The van der Waals surface area contributed by atoms with Crippen LogP contribution in [0.1, 0.15) is 27.2 Å². The van der Waals surface area contributed by atoms with Gasteiger partial charge in [-0.3, -0.25) is 4.79 Å². The average Bonchev–Trinajstić information content (AvgIpc) is 2.14. The van der Waals surface area contributed by atoms with Crippen molar-refractivity contribution in [2.45, 2.75) is 45.3 Å². The number of rotatable bonds is 4. The highest BCUT2D eigenvalue weighted by Crippen LogP contribution is 2.36. The highest BCUT2D eigenvalue weighted by molar-refractivity contribution is 6.75. The van der Waals surface area contributed by atoms with Gasteiger partial charge in [-0.25, -0.2) is 4.79 Å². The molecule has 0 radical (unpaired) electrons. The summed E-state index contributed by atoms with van der Waals surface area (Å²) in [4.78, 5) is 22.4. The molecule has 0 bridgehead atoms. The highest BCUT2D eigenvalue weighted by Gasteiger charge is 2.40. The quantitative estimate of drug-likeness (QED) is 0.789. The number of hydrogen-bond acceptors (Lipinski definition) is 4. The van der Waals surface area contributed by atoms with Crippen LogP contribution in [0.3, 0.4) is 0 Å². The first-order valence-corrected chi connectivity index (χ1v) is 8.54. The van der Waals surface area contributed by atoms with E-state index in [1.165, 1.54) is 7.11 Å². The minimum absolute atomic E-state index is 0.00155. The van der Waals surface area contributed by atoms with Gasteiger partial charge in [-0.05, 0) is 18.1 Å². The molecule has 0 aromatic rings. The van der Waals surface area contributed by atoms with E-state index in [2.05, 4.69) is 30.8 Å². The first kappa shape index (κ1) is 16.0. The molecule has 0 rings (SSSR count). The maximum atomic E-state index is 11.6. The van der Waals surface area contributed by atoms with E-state index in [0.29, 0.717) is 0 Å². The number of amides is 1. The molecule has 0 atom stereocenters. The molecule has 0 aromatic carbocycles. The standard InChI is InChI=1S/C11H23NO4Si/c1-11(2,3)17(5,6)16-9(13)7-8-12-10(14)15-4/h7-8H2,1-6H3,(H,12,14). The fourth-order valence-corrected chi connectivity index (χ4v) is 1.80. The number of nitrogens with one attached hydrogen (secondary N) is 1. The Bertz CT molecular complexity index is 284. The van der Waals surface area contributed by atoms with E-state index in [-0.39, 0.29) is 24.0 Å². The third-order valence-electron chi connectivity index (χ3n) is 2.96. The topological polar surface area (TPSA) is 64.6 Å². The summed E-state index contributed by atoms with van der Waals surface area (Å²) in [6.07, 6.45) is -0.369. The van der Waals surface area contributed by atoms with Crippen LogP contribution in [0.4, 0.5) is 4.79 Å². The third kappa shape index (κ3) is 5.72.